The van der Waals surface area contributed by atoms with Gasteiger partial charge in [0.05, 0.1) is 13.2 Å². The molecule has 2 N–H and O–H groups in total. The van der Waals surface area contributed by atoms with Gasteiger partial charge in [-0.1, -0.05) is 30.0 Å². The molecule has 2 aromatic carbocycles. The Balaban J connectivity index is 2.01. The minimum atomic E-state index is 0.366. The van der Waals surface area contributed by atoms with Crippen LogP contribution in [0.15, 0.2) is 48.5 Å². The summed E-state index contributed by atoms with van der Waals surface area (Å²) in [4.78, 5) is 0. The number of rotatable bonds is 5. The molecule has 0 atom stereocenters. The van der Waals surface area contributed by atoms with Gasteiger partial charge in [-0.25, -0.2) is 0 Å². The second kappa shape index (κ2) is 7.98. The summed E-state index contributed by atoms with van der Waals surface area (Å²) in [6.07, 6.45) is 0. The Labute approximate surface area is 125 Å². The molecule has 21 heavy (non-hydrogen) atoms. The summed E-state index contributed by atoms with van der Waals surface area (Å²) in [5.41, 5.74) is 7.40. The first-order valence-electron chi connectivity index (χ1n) is 6.95. The van der Waals surface area contributed by atoms with Crippen LogP contribution in [0.3, 0.4) is 0 Å². The molecule has 0 bridgehead atoms. The van der Waals surface area contributed by atoms with E-state index in [9.17, 15) is 0 Å². The molecule has 2 rings (SSSR count). The molecule has 0 unspecified atom stereocenters. The van der Waals surface area contributed by atoms with Crippen LogP contribution >= 0.6 is 0 Å². The lowest BCUT2D eigenvalue weighted by molar-refractivity contribution is 0.299. The zero-order chi connectivity index (χ0) is 14.9. The maximum Gasteiger partial charge on any atom is 0.123 e. The predicted molar refractivity (Wildman–Crippen MR) is 84.3 cm³/mol. The smallest absolute Gasteiger partial charge is 0.123 e. The molecule has 0 aliphatic rings. The van der Waals surface area contributed by atoms with Crippen molar-refractivity contribution >= 4 is 0 Å². The van der Waals surface area contributed by atoms with Crippen LogP contribution in [0.4, 0.5) is 0 Å². The van der Waals surface area contributed by atoms with E-state index in [-0.39, 0.29) is 0 Å². The Morgan fingerprint density at radius 3 is 2.52 bits per heavy atom. The van der Waals surface area contributed by atoms with Gasteiger partial charge in [-0.3, -0.25) is 0 Å². The predicted octanol–water partition coefficient (Wildman–Crippen LogP) is 2.97. The first-order valence-corrected chi connectivity index (χ1v) is 6.95. The first kappa shape index (κ1) is 15.0. The maximum absolute atomic E-state index is 5.79. The SMILES string of the molecule is CCOc1cccc(OCc2cccc(C#CCN)c2)c1. The van der Waals surface area contributed by atoms with E-state index in [1.807, 2.05) is 55.5 Å². The third kappa shape index (κ3) is 4.87. The second-order valence-corrected chi connectivity index (χ2v) is 4.40. The van der Waals surface area contributed by atoms with Gasteiger partial charge in [-0.2, -0.15) is 0 Å². The van der Waals surface area contributed by atoms with Gasteiger partial charge in [-0.05, 0) is 36.8 Å². The van der Waals surface area contributed by atoms with E-state index >= 15 is 0 Å². The Morgan fingerprint density at radius 2 is 1.76 bits per heavy atom. The van der Waals surface area contributed by atoms with Crippen LogP contribution in [0.2, 0.25) is 0 Å². The van der Waals surface area contributed by atoms with E-state index in [4.69, 9.17) is 15.2 Å². The highest BCUT2D eigenvalue weighted by molar-refractivity contribution is 5.38. The van der Waals surface area contributed by atoms with E-state index in [0.717, 1.165) is 22.6 Å². The molecule has 0 heterocycles. The second-order valence-electron chi connectivity index (χ2n) is 4.40. The fourth-order valence-electron chi connectivity index (χ4n) is 1.88. The Bertz CT molecular complexity index is 641. The number of ether oxygens (including phenoxy) is 2. The largest absolute Gasteiger partial charge is 0.494 e. The number of hydrogen-bond donors (Lipinski definition) is 1. The molecule has 0 aliphatic carbocycles. The quantitative estimate of drug-likeness (QED) is 0.857. The normalized spacial score (nSPS) is 9.62. The van der Waals surface area contributed by atoms with E-state index < -0.39 is 0 Å². The summed E-state index contributed by atoms with van der Waals surface area (Å²) >= 11 is 0. The van der Waals surface area contributed by atoms with E-state index in [0.29, 0.717) is 19.8 Å². The van der Waals surface area contributed by atoms with Gasteiger partial charge in [0.2, 0.25) is 0 Å². The molecule has 108 valence electrons. The van der Waals surface area contributed by atoms with Crippen LogP contribution in [0.1, 0.15) is 18.1 Å². The van der Waals surface area contributed by atoms with Gasteiger partial charge in [0.25, 0.3) is 0 Å². The van der Waals surface area contributed by atoms with Gasteiger partial charge in [0.15, 0.2) is 0 Å². The van der Waals surface area contributed by atoms with Gasteiger partial charge < -0.3 is 15.2 Å². The van der Waals surface area contributed by atoms with Gasteiger partial charge >= 0.3 is 0 Å². The zero-order valence-electron chi connectivity index (χ0n) is 12.1. The van der Waals surface area contributed by atoms with Crippen LogP contribution in [0.25, 0.3) is 0 Å². The number of nitrogens with two attached hydrogens (primary N) is 1. The standard InChI is InChI=1S/C18H19NO2/c1-2-20-17-9-4-10-18(13-17)21-14-16-7-3-6-15(12-16)8-5-11-19/h3-4,6-7,9-10,12-13H,2,11,14,19H2,1H3. The van der Waals surface area contributed by atoms with Gasteiger partial charge in [-0.15, -0.1) is 0 Å². The van der Waals surface area contributed by atoms with Crippen LogP contribution in [-0.2, 0) is 6.61 Å². The molecule has 3 heteroatoms. The van der Waals surface area contributed by atoms with Crippen molar-refractivity contribution in [2.75, 3.05) is 13.2 Å². The Morgan fingerprint density at radius 1 is 1.00 bits per heavy atom. The minimum absolute atomic E-state index is 0.366. The molecule has 0 fully saturated rings. The lowest BCUT2D eigenvalue weighted by atomic mass is 10.1. The van der Waals surface area contributed by atoms with Crippen molar-refractivity contribution in [2.45, 2.75) is 13.5 Å². The lowest BCUT2D eigenvalue weighted by Gasteiger charge is -2.09. The fraction of sp³-hybridized carbons (Fsp3) is 0.222. The van der Waals surface area contributed by atoms with Crippen molar-refractivity contribution in [1.82, 2.24) is 0 Å². The summed E-state index contributed by atoms with van der Waals surface area (Å²) in [6.45, 7) is 3.46. The molecule has 0 aromatic heterocycles. The average molecular weight is 281 g/mol. The van der Waals surface area contributed by atoms with Crippen molar-refractivity contribution in [3.05, 3.63) is 59.7 Å². The summed E-state index contributed by atoms with van der Waals surface area (Å²) in [5, 5.41) is 0. The summed E-state index contributed by atoms with van der Waals surface area (Å²) in [6, 6.07) is 15.6. The van der Waals surface area contributed by atoms with E-state index in [1.54, 1.807) is 0 Å². The maximum atomic E-state index is 5.79. The summed E-state index contributed by atoms with van der Waals surface area (Å²) < 4.78 is 11.2. The first-order chi connectivity index (χ1) is 10.3. The van der Waals surface area contributed by atoms with Crippen LogP contribution in [-0.4, -0.2) is 13.2 Å². The molecule has 0 saturated heterocycles. The summed E-state index contributed by atoms with van der Waals surface area (Å²) in [7, 11) is 0. The van der Waals surface area contributed by atoms with Crippen LogP contribution in [0, 0.1) is 11.8 Å². The number of hydrogen-bond acceptors (Lipinski definition) is 3. The number of benzene rings is 2. The van der Waals surface area contributed by atoms with Gasteiger partial charge in [0.1, 0.15) is 18.1 Å². The highest BCUT2D eigenvalue weighted by Gasteiger charge is 1.99. The van der Waals surface area contributed by atoms with Crippen LogP contribution in [0.5, 0.6) is 11.5 Å². The Kier molecular flexibility index (Phi) is 5.69. The van der Waals surface area contributed by atoms with E-state index in [2.05, 4.69) is 11.8 Å². The monoisotopic (exact) mass is 281 g/mol. The van der Waals surface area contributed by atoms with Crippen molar-refractivity contribution in [2.24, 2.45) is 5.73 Å². The molecule has 0 radical (unpaired) electrons. The molecule has 3 nitrogen and oxygen atoms in total. The van der Waals surface area contributed by atoms with Crippen molar-refractivity contribution in [3.8, 4) is 23.3 Å². The summed E-state index contributed by atoms with van der Waals surface area (Å²) in [5.74, 6) is 7.47. The average Bonchev–Trinajstić information content (AvgIpc) is 2.52. The van der Waals surface area contributed by atoms with Crippen LogP contribution < -0.4 is 15.2 Å². The zero-order valence-corrected chi connectivity index (χ0v) is 12.1. The lowest BCUT2D eigenvalue weighted by Crippen LogP contribution is -1.97. The topological polar surface area (TPSA) is 44.5 Å². The fourth-order valence-corrected chi connectivity index (χ4v) is 1.88. The third-order valence-electron chi connectivity index (χ3n) is 2.78. The Hall–Kier alpha value is -2.44. The van der Waals surface area contributed by atoms with Crippen molar-refractivity contribution in [3.63, 3.8) is 0 Å². The molecule has 0 aliphatic heterocycles. The third-order valence-corrected chi connectivity index (χ3v) is 2.78. The highest BCUT2D eigenvalue weighted by atomic mass is 16.5. The minimum Gasteiger partial charge on any atom is -0.494 e. The molecule has 0 amide bonds. The molecule has 2 aromatic rings. The molecule has 0 spiro atoms. The van der Waals surface area contributed by atoms with E-state index in [1.165, 1.54) is 0 Å². The highest BCUT2D eigenvalue weighted by Crippen LogP contribution is 2.20. The van der Waals surface area contributed by atoms with Gasteiger partial charge in [0, 0.05) is 11.6 Å². The molecular weight excluding hydrogens is 262 g/mol. The van der Waals surface area contributed by atoms with Crippen molar-refractivity contribution in [1.29, 1.82) is 0 Å². The molecular formula is C18H19NO2. The van der Waals surface area contributed by atoms with Crippen molar-refractivity contribution < 1.29 is 9.47 Å². The molecule has 0 saturated carbocycles.